The molecule has 0 amide bonds. The van der Waals surface area contributed by atoms with Gasteiger partial charge < -0.3 is 4.90 Å². The number of aromatic nitrogens is 2. The van der Waals surface area contributed by atoms with Gasteiger partial charge in [0, 0.05) is 29.4 Å². The van der Waals surface area contributed by atoms with Crippen LogP contribution in [0.25, 0.3) is 0 Å². The second-order valence-corrected chi connectivity index (χ2v) is 6.10. The van der Waals surface area contributed by atoms with Crippen LogP contribution in [0.4, 0.5) is 18.3 Å². The van der Waals surface area contributed by atoms with Gasteiger partial charge in [-0.1, -0.05) is 35.2 Å². The summed E-state index contributed by atoms with van der Waals surface area (Å²) in [6.45, 7) is 0.664. The van der Waals surface area contributed by atoms with E-state index in [0.29, 0.717) is 23.0 Å². The maximum absolute atomic E-state index is 12.5. The third-order valence-corrected chi connectivity index (χ3v) is 4.36. The van der Waals surface area contributed by atoms with Crippen molar-refractivity contribution in [1.29, 1.82) is 0 Å². The summed E-state index contributed by atoms with van der Waals surface area (Å²) < 4.78 is 41.1. The van der Waals surface area contributed by atoms with Crippen LogP contribution >= 0.6 is 27.5 Å². The fourth-order valence-electron chi connectivity index (χ4n) is 2.37. The van der Waals surface area contributed by atoms with Crippen molar-refractivity contribution in [2.75, 3.05) is 16.8 Å². The number of hydrogen-bond acceptors (Lipinski definition) is 4. The molecule has 0 aliphatic heterocycles. The van der Waals surface area contributed by atoms with Crippen LogP contribution in [0, 0.1) is 0 Å². The van der Waals surface area contributed by atoms with Gasteiger partial charge in [0.05, 0.1) is 0 Å². The van der Waals surface area contributed by atoms with E-state index in [9.17, 15) is 13.2 Å². The Hall–Kier alpha value is -0.370. The van der Waals surface area contributed by atoms with Gasteiger partial charge >= 0.3 is 6.18 Å². The molecule has 1 aliphatic carbocycles. The molecule has 0 aromatic carbocycles. The van der Waals surface area contributed by atoms with Crippen LogP contribution in [-0.4, -0.2) is 27.3 Å². The molecule has 0 saturated heterocycles. The monoisotopic (exact) mass is 357 g/mol. The average Bonchev–Trinajstić information content (AvgIpc) is 2.86. The van der Waals surface area contributed by atoms with Crippen molar-refractivity contribution in [3.05, 3.63) is 5.82 Å². The Balaban J connectivity index is 2.16. The molecule has 1 aromatic rings. The van der Waals surface area contributed by atoms with Crippen molar-refractivity contribution >= 4 is 32.6 Å². The number of anilines is 1. The molecule has 1 fully saturated rings. The summed E-state index contributed by atoms with van der Waals surface area (Å²) in [6, 6.07) is 0.292. The van der Waals surface area contributed by atoms with Gasteiger partial charge in [0.15, 0.2) is 0 Å². The molecule has 0 spiro atoms. The molecule has 3 nitrogen and oxygen atoms in total. The highest BCUT2D eigenvalue weighted by atomic mass is 79.9. The van der Waals surface area contributed by atoms with E-state index in [1.807, 2.05) is 4.90 Å². The highest BCUT2D eigenvalue weighted by molar-refractivity contribution is 9.09. The Morgan fingerprint density at radius 1 is 1.26 bits per heavy atom. The molecule has 1 saturated carbocycles. The van der Waals surface area contributed by atoms with Crippen LogP contribution < -0.4 is 4.90 Å². The number of rotatable bonds is 4. The molecule has 1 heterocycles. The molecule has 0 radical (unpaired) electrons. The molecular weight excluding hydrogens is 343 g/mol. The van der Waals surface area contributed by atoms with E-state index in [0.717, 1.165) is 37.2 Å². The Kier molecular flexibility index (Phi) is 5.05. The predicted octanol–water partition coefficient (Wildman–Crippen LogP) is 4.09. The van der Waals surface area contributed by atoms with Crippen LogP contribution in [0.15, 0.2) is 0 Å². The van der Waals surface area contributed by atoms with Gasteiger partial charge in [-0.25, -0.2) is 0 Å². The first-order valence-electron chi connectivity index (χ1n) is 6.26. The quantitative estimate of drug-likeness (QED) is 0.760. The fourth-order valence-corrected chi connectivity index (χ4v) is 3.53. The maximum Gasteiger partial charge on any atom is 0.452 e. The van der Waals surface area contributed by atoms with Crippen molar-refractivity contribution in [2.45, 2.75) is 44.3 Å². The highest BCUT2D eigenvalue weighted by Gasteiger charge is 2.37. The summed E-state index contributed by atoms with van der Waals surface area (Å²) in [4.78, 5) is 5.64. The van der Waals surface area contributed by atoms with Gasteiger partial charge in [-0.3, -0.25) is 0 Å². The average molecular weight is 358 g/mol. The zero-order valence-corrected chi connectivity index (χ0v) is 12.7. The SMILES string of the molecule is FC(F)(F)c1nsc(N(CCBr)C2CCCCC2)n1. The van der Waals surface area contributed by atoms with E-state index >= 15 is 0 Å². The van der Waals surface area contributed by atoms with Crippen molar-refractivity contribution in [3.63, 3.8) is 0 Å². The molecule has 0 atom stereocenters. The lowest BCUT2D eigenvalue weighted by molar-refractivity contribution is -0.144. The summed E-state index contributed by atoms with van der Waals surface area (Å²) in [5, 5.41) is 1.10. The van der Waals surface area contributed by atoms with Crippen LogP contribution in [0.3, 0.4) is 0 Å². The van der Waals surface area contributed by atoms with Gasteiger partial charge in [0.25, 0.3) is 0 Å². The second kappa shape index (κ2) is 6.39. The maximum atomic E-state index is 12.5. The summed E-state index contributed by atoms with van der Waals surface area (Å²) in [7, 11) is 0. The minimum Gasteiger partial charge on any atom is -0.343 e. The fraction of sp³-hybridized carbons (Fsp3) is 0.818. The third-order valence-electron chi connectivity index (χ3n) is 3.26. The van der Waals surface area contributed by atoms with E-state index in [1.54, 1.807) is 0 Å². The molecule has 8 heteroatoms. The Labute approximate surface area is 122 Å². The zero-order chi connectivity index (χ0) is 13.9. The first-order chi connectivity index (χ1) is 9.02. The number of nitrogens with zero attached hydrogens (tertiary/aromatic N) is 3. The Morgan fingerprint density at radius 3 is 2.47 bits per heavy atom. The van der Waals surface area contributed by atoms with Gasteiger partial charge in [0.1, 0.15) is 0 Å². The minimum absolute atomic E-state index is 0.292. The van der Waals surface area contributed by atoms with E-state index in [-0.39, 0.29) is 0 Å². The molecule has 0 unspecified atom stereocenters. The summed E-state index contributed by atoms with van der Waals surface area (Å²) in [5.41, 5.74) is 0. The lowest BCUT2D eigenvalue weighted by Gasteiger charge is -2.33. The summed E-state index contributed by atoms with van der Waals surface area (Å²) in [5.74, 6) is -1.03. The smallest absolute Gasteiger partial charge is 0.343 e. The van der Waals surface area contributed by atoms with Crippen molar-refractivity contribution in [3.8, 4) is 0 Å². The molecule has 108 valence electrons. The Bertz CT molecular complexity index is 404. The van der Waals surface area contributed by atoms with Crippen LogP contribution in [0.2, 0.25) is 0 Å². The zero-order valence-electron chi connectivity index (χ0n) is 10.3. The standard InChI is InChI=1S/C11H15BrF3N3S/c12-6-7-18(8-4-2-1-3-5-8)10-16-9(17-19-10)11(13,14)15/h8H,1-7H2. The lowest BCUT2D eigenvalue weighted by atomic mass is 9.94. The van der Waals surface area contributed by atoms with Gasteiger partial charge in [-0.2, -0.15) is 22.5 Å². The number of hydrogen-bond donors (Lipinski definition) is 0. The van der Waals surface area contributed by atoms with Gasteiger partial charge in [0.2, 0.25) is 11.0 Å². The van der Waals surface area contributed by atoms with Crippen LogP contribution in [0.1, 0.15) is 37.9 Å². The van der Waals surface area contributed by atoms with Crippen LogP contribution in [-0.2, 0) is 6.18 Å². The van der Waals surface area contributed by atoms with Crippen molar-refractivity contribution in [2.24, 2.45) is 0 Å². The Morgan fingerprint density at radius 2 is 1.95 bits per heavy atom. The topological polar surface area (TPSA) is 29.0 Å². The summed E-state index contributed by atoms with van der Waals surface area (Å²) >= 11 is 4.19. The molecule has 0 bridgehead atoms. The van der Waals surface area contributed by atoms with Crippen molar-refractivity contribution in [1.82, 2.24) is 9.36 Å². The molecule has 0 N–H and O–H groups in total. The lowest BCUT2D eigenvalue weighted by Crippen LogP contribution is -2.38. The summed E-state index contributed by atoms with van der Waals surface area (Å²) in [6.07, 6.45) is 1.06. The minimum atomic E-state index is -4.46. The third kappa shape index (κ3) is 3.81. The van der Waals surface area contributed by atoms with E-state index in [1.165, 1.54) is 6.42 Å². The first-order valence-corrected chi connectivity index (χ1v) is 8.15. The van der Waals surface area contributed by atoms with E-state index in [2.05, 4.69) is 25.3 Å². The number of halogens is 4. The largest absolute Gasteiger partial charge is 0.452 e. The van der Waals surface area contributed by atoms with Gasteiger partial charge in [-0.15, -0.1) is 0 Å². The van der Waals surface area contributed by atoms with Gasteiger partial charge in [-0.05, 0) is 12.8 Å². The molecule has 19 heavy (non-hydrogen) atoms. The first kappa shape index (κ1) is 15.0. The molecule has 1 aromatic heterocycles. The highest BCUT2D eigenvalue weighted by Crippen LogP contribution is 2.33. The van der Waals surface area contributed by atoms with E-state index < -0.39 is 12.0 Å². The molecular formula is C11H15BrF3N3S. The second-order valence-electron chi connectivity index (χ2n) is 4.57. The number of alkyl halides is 4. The van der Waals surface area contributed by atoms with E-state index in [4.69, 9.17) is 0 Å². The van der Waals surface area contributed by atoms with Crippen LogP contribution in [0.5, 0.6) is 0 Å². The van der Waals surface area contributed by atoms with Crippen molar-refractivity contribution < 1.29 is 13.2 Å². The molecule has 2 rings (SSSR count). The molecule has 1 aliphatic rings. The predicted molar refractivity (Wildman–Crippen MR) is 72.9 cm³/mol. The normalized spacial score (nSPS) is 17.7.